The standard InChI is InChI=1S/C13H18O4/c1-10(6-7-13(15)16)17-12-5-3-2-4-11(12)8-9-14/h2-5,10,14H,6-9H2,1H3,(H,15,16). The normalized spacial score (nSPS) is 12.1. The predicted octanol–water partition coefficient (Wildman–Crippen LogP) is 1.85. The predicted molar refractivity (Wildman–Crippen MR) is 64.2 cm³/mol. The van der Waals surface area contributed by atoms with Crippen LogP contribution < -0.4 is 4.74 Å². The van der Waals surface area contributed by atoms with Gasteiger partial charge in [-0.1, -0.05) is 18.2 Å². The van der Waals surface area contributed by atoms with Crippen LogP contribution in [-0.2, 0) is 11.2 Å². The summed E-state index contributed by atoms with van der Waals surface area (Å²) in [5.41, 5.74) is 0.942. The lowest BCUT2D eigenvalue weighted by Crippen LogP contribution is -2.14. The second-order valence-electron chi connectivity index (χ2n) is 3.94. The van der Waals surface area contributed by atoms with Crippen LogP contribution in [0.5, 0.6) is 5.75 Å². The van der Waals surface area contributed by atoms with Crippen LogP contribution in [0.4, 0.5) is 0 Å². The number of aliphatic hydroxyl groups is 1. The average molecular weight is 238 g/mol. The van der Waals surface area contributed by atoms with Gasteiger partial charge in [-0.2, -0.15) is 0 Å². The molecule has 0 heterocycles. The molecule has 17 heavy (non-hydrogen) atoms. The molecule has 4 nitrogen and oxygen atoms in total. The quantitative estimate of drug-likeness (QED) is 0.760. The molecule has 0 saturated heterocycles. The minimum atomic E-state index is -0.816. The summed E-state index contributed by atoms with van der Waals surface area (Å²) >= 11 is 0. The number of benzene rings is 1. The molecule has 0 aliphatic rings. The van der Waals surface area contributed by atoms with Gasteiger partial charge in [-0.3, -0.25) is 4.79 Å². The number of hydrogen-bond donors (Lipinski definition) is 2. The Morgan fingerprint density at radius 3 is 2.76 bits per heavy atom. The third-order valence-corrected chi connectivity index (χ3v) is 2.45. The molecule has 1 unspecified atom stereocenters. The van der Waals surface area contributed by atoms with E-state index in [1.165, 1.54) is 0 Å². The second-order valence-corrected chi connectivity index (χ2v) is 3.94. The monoisotopic (exact) mass is 238 g/mol. The van der Waals surface area contributed by atoms with Crippen LogP contribution in [0.25, 0.3) is 0 Å². The van der Waals surface area contributed by atoms with Crippen LogP contribution in [0.3, 0.4) is 0 Å². The number of rotatable bonds is 7. The fourth-order valence-corrected chi connectivity index (χ4v) is 1.55. The molecular weight excluding hydrogens is 220 g/mol. The van der Waals surface area contributed by atoms with Gasteiger partial charge < -0.3 is 14.9 Å². The van der Waals surface area contributed by atoms with E-state index in [1.807, 2.05) is 31.2 Å². The van der Waals surface area contributed by atoms with Gasteiger partial charge in [0, 0.05) is 13.0 Å². The highest BCUT2D eigenvalue weighted by Gasteiger charge is 2.09. The molecule has 4 heteroatoms. The van der Waals surface area contributed by atoms with Crippen LogP contribution in [0.2, 0.25) is 0 Å². The first-order valence-electron chi connectivity index (χ1n) is 5.70. The number of para-hydroxylation sites is 1. The third kappa shape index (κ3) is 4.87. The third-order valence-electron chi connectivity index (χ3n) is 2.45. The van der Waals surface area contributed by atoms with Crippen LogP contribution in [0.1, 0.15) is 25.3 Å². The average Bonchev–Trinajstić information content (AvgIpc) is 2.29. The number of carboxylic acid groups (broad SMARTS) is 1. The molecule has 0 saturated carbocycles. The molecule has 0 radical (unpaired) electrons. The summed E-state index contributed by atoms with van der Waals surface area (Å²) in [6.45, 7) is 1.92. The first-order valence-corrected chi connectivity index (χ1v) is 5.70. The molecule has 1 aromatic rings. The molecule has 94 valence electrons. The summed E-state index contributed by atoms with van der Waals surface area (Å²) in [5.74, 6) is -0.0940. The summed E-state index contributed by atoms with van der Waals surface area (Å²) < 4.78 is 5.67. The fourth-order valence-electron chi connectivity index (χ4n) is 1.55. The SMILES string of the molecule is CC(CCC(=O)O)Oc1ccccc1CCO. The lowest BCUT2D eigenvalue weighted by atomic mass is 10.1. The minimum absolute atomic E-state index is 0.0733. The van der Waals surface area contributed by atoms with Crippen molar-refractivity contribution in [3.05, 3.63) is 29.8 Å². The Bertz CT molecular complexity index is 362. The van der Waals surface area contributed by atoms with Gasteiger partial charge in [0.25, 0.3) is 0 Å². The maximum atomic E-state index is 10.4. The summed E-state index contributed by atoms with van der Waals surface area (Å²) in [6, 6.07) is 7.48. The van der Waals surface area contributed by atoms with E-state index in [1.54, 1.807) is 0 Å². The molecule has 0 fully saturated rings. The largest absolute Gasteiger partial charge is 0.490 e. The van der Waals surface area contributed by atoms with E-state index < -0.39 is 5.97 Å². The zero-order valence-corrected chi connectivity index (χ0v) is 9.93. The van der Waals surface area contributed by atoms with E-state index in [2.05, 4.69) is 0 Å². The van der Waals surface area contributed by atoms with Crippen molar-refractivity contribution >= 4 is 5.97 Å². The van der Waals surface area contributed by atoms with Crippen molar-refractivity contribution in [2.24, 2.45) is 0 Å². The van der Waals surface area contributed by atoms with E-state index in [0.29, 0.717) is 12.8 Å². The summed E-state index contributed by atoms with van der Waals surface area (Å²) in [7, 11) is 0. The van der Waals surface area contributed by atoms with Crippen LogP contribution in [0.15, 0.2) is 24.3 Å². The Labute approximate surface area is 101 Å². The molecule has 2 N–H and O–H groups in total. The number of ether oxygens (including phenoxy) is 1. The van der Waals surface area contributed by atoms with Crippen molar-refractivity contribution in [2.75, 3.05) is 6.61 Å². The Kier molecular flexibility index (Phi) is 5.49. The number of aliphatic hydroxyl groups excluding tert-OH is 1. The van der Waals surface area contributed by atoms with Crippen molar-refractivity contribution in [3.8, 4) is 5.75 Å². The van der Waals surface area contributed by atoms with Crippen molar-refractivity contribution in [1.82, 2.24) is 0 Å². The van der Waals surface area contributed by atoms with Crippen LogP contribution in [-0.4, -0.2) is 28.9 Å². The molecule has 0 amide bonds. The van der Waals surface area contributed by atoms with Gasteiger partial charge in [-0.15, -0.1) is 0 Å². The van der Waals surface area contributed by atoms with Gasteiger partial charge >= 0.3 is 5.97 Å². The number of aliphatic carboxylic acids is 1. The number of carbonyl (C=O) groups is 1. The van der Waals surface area contributed by atoms with E-state index in [0.717, 1.165) is 11.3 Å². The summed E-state index contributed by atoms with van der Waals surface area (Å²) in [6.07, 6.45) is 0.972. The molecule has 1 rings (SSSR count). The van der Waals surface area contributed by atoms with E-state index in [9.17, 15) is 4.79 Å². The Morgan fingerprint density at radius 1 is 1.41 bits per heavy atom. The summed E-state index contributed by atoms with van der Waals surface area (Å²) in [4.78, 5) is 10.4. The molecule has 0 spiro atoms. The highest BCUT2D eigenvalue weighted by Crippen LogP contribution is 2.20. The topological polar surface area (TPSA) is 66.8 Å². The first kappa shape index (κ1) is 13.5. The second kappa shape index (κ2) is 6.91. The molecule has 0 aliphatic heterocycles. The fraction of sp³-hybridized carbons (Fsp3) is 0.462. The number of carboxylic acids is 1. The van der Waals surface area contributed by atoms with E-state index in [4.69, 9.17) is 14.9 Å². The van der Waals surface area contributed by atoms with E-state index >= 15 is 0 Å². The highest BCUT2D eigenvalue weighted by atomic mass is 16.5. The van der Waals surface area contributed by atoms with Crippen molar-refractivity contribution in [2.45, 2.75) is 32.3 Å². The van der Waals surface area contributed by atoms with Crippen LogP contribution >= 0.6 is 0 Å². The van der Waals surface area contributed by atoms with Gasteiger partial charge in [0.1, 0.15) is 5.75 Å². The van der Waals surface area contributed by atoms with Crippen molar-refractivity contribution < 1.29 is 19.7 Å². The maximum Gasteiger partial charge on any atom is 0.303 e. The maximum absolute atomic E-state index is 10.4. The van der Waals surface area contributed by atoms with Gasteiger partial charge in [0.2, 0.25) is 0 Å². The number of hydrogen-bond acceptors (Lipinski definition) is 3. The molecule has 1 aromatic carbocycles. The van der Waals surface area contributed by atoms with Crippen LogP contribution in [0, 0.1) is 0 Å². The lowest BCUT2D eigenvalue weighted by Gasteiger charge is -2.16. The first-order chi connectivity index (χ1) is 8.13. The van der Waals surface area contributed by atoms with Gasteiger partial charge in [-0.25, -0.2) is 0 Å². The van der Waals surface area contributed by atoms with Gasteiger partial charge in [-0.05, 0) is 31.4 Å². The van der Waals surface area contributed by atoms with Crippen molar-refractivity contribution in [1.29, 1.82) is 0 Å². The highest BCUT2D eigenvalue weighted by molar-refractivity contribution is 5.66. The Hall–Kier alpha value is -1.55. The minimum Gasteiger partial charge on any atom is -0.490 e. The smallest absolute Gasteiger partial charge is 0.303 e. The molecule has 0 aromatic heterocycles. The van der Waals surface area contributed by atoms with E-state index in [-0.39, 0.29) is 19.1 Å². The molecule has 0 bridgehead atoms. The zero-order valence-electron chi connectivity index (χ0n) is 9.93. The molecule has 0 aliphatic carbocycles. The van der Waals surface area contributed by atoms with Crippen molar-refractivity contribution in [3.63, 3.8) is 0 Å². The lowest BCUT2D eigenvalue weighted by molar-refractivity contribution is -0.137. The van der Waals surface area contributed by atoms with Gasteiger partial charge in [0.15, 0.2) is 0 Å². The summed E-state index contributed by atoms with van der Waals surface area (Å²) in [5, 5.41) is 17.5. The Morgan fingerprint density at radius 2 is 2.12 bits per heavy atom. The molecular formula is C13H18O4. The zero-order chi connectivity index (χ0) is 12.7. The molecule has 1 atom stereocenters. The Balaban J connectivity index is 2.57. The van der Waals surface area contributed by atoms with Gasteiger partial charge in [0.05, 0.1) is 6.10 Å².